The Morgan fingerprint density at radius 3 is 2.94 bits per heavy atom. The molecule has 0 aliphatic carbocycles. The molecule has 0 bridgehead atoms. The van der Waals surface area contributed by atoms with Gasteiger partial charge in [-0.2, -0.15) is 0 Å². The zero-order valence-electron chi connectivity index (χ0n) is 9.00. The molecule has 2 rings (SSSR count). The van der Waals surface area contributed by atoms with Gasteiger partial charge in [0.15, 0.2) is 0 Å². The molecular formula is C10H10BrClN4O. The molecule has 0 aliphatic rings. The van der Waals surface area contributed by atoms with Crippen molar-refractivity contribution in [1.82, 2.24) is 15.5 Å². The minimum atomic E-state index is 0.346. The predicted molar refractivity (Wildman–Crippen MR) is 69.5 cm³/mol. The molecule has 2 aromatic rings. The Morgan fingerprint density at radius 1 is 1.41 bits per heavy atom. The minimum Gasteiger partial charge on any atom is -0.406 e. The maximum Gasteiger partial charge on any atom is 0.320 e. The summed E-state index contributed by atoms with van der Waals surface area (Å²) in [5, 5.41) is 14.3. The first kappa shape index (κ1) is 12.3. The van der Waals surface area contributed by atoms with Gasteiger partial charge in [0.2, 0.25) is 5.89 Å². The quantitative estimate of drug-likeness (QED) is 0.908. The highest BCUT2D eigenvalue weighted by Crippen LogP contribution is 2.28. The summed E-state index contributed by atoms with van der Waals surface area (Å²) >= 11 is 9.24. The number of nitrogens with one attached hydrogen (secondary N) is 2. The summed E-state index contributed by atoms with van der Waals surface area (Å²) in [6.45, 7) is 0.538. The van der Waals surface area contributed by atoms with Crippen LogP contribution in [0.4, 0.5) is 11.7 Å². The molecule has 0 unspecified atom stereocenters. The van der Waals surface area contributed by atoms with E-state index in [1.54, 1.807) is 12.1 Å². The lowest BCUT2D eigenvalue weighted by molar-refractivity contribution is 0.493. The van der Waals surface area contributed by atoms with Crippen LogP contribution >= 0.6 is 27.5 Å². The summed E-state index contributed by atoms with van der Waals surface area (Å²) in [7, 11) is 1.81. The SMILES string of the molecule is CNCc1nnc(Nc2ccc(Cl)cc2Br)o1. The Labute approximate surface area is 112 Å². The van der Waals surface area contributed by atoms with Gasteiger partial charge in [0, 0.05) is 9.50 Å². The molecule has 5 nitrogen and oxygen atoms in total. The molecular weight excluding hydrogens is 307 g/mol. The zero-order chi connectivity index (χ0) is 12.3. The van der Waals surface area contributed by atoms with Gasteiger partial charge in [-0.3, -0.25) is 0 Å². The Kier molecular flexibility index (Phi) is 3.98. The van der Waals surface area contributed by atoms with Crippen molar-refractivity contribution in [2.45, 2.75) is 6.54 Å². The number of aromatic nitrogens is 2. The van der Waals surface area contributed by atoms with Crippen LogP contribution in [-0.2, 0) is 6.54 Å². The molecule has 0 aliphatic heterocycles. The van der Waals surface area contributed by atoms with E-state index in [0.29, 0.717) is 23.5 Å². The highest BCUT2D eigenvalue weighted by atomic mass is 79.9. The van der Waals surface area contributed by atoms with Gasteiger partial charge in [0.05, 0.1) is 12.2 Å². The van der Waals surface area contributed by atoms with E-state index in [0.717, 1.165) is 10.2 Å². The average Bonchev–Trinajstić information content (AvgIpc) is 2.71. The number of benzene rings is 1. The molecule has 0 saturated carbocycles. The van der Waals surface area contributed by atoms with Crippen molar-refractivity contribution >= 4 is 39.2 Å². The molecule has 1 aromatic heterocycles. The van der Waals surface area contributed by atoms with E-state index in [2.05, 4.69) is 36.8 Å². The van der Waals surface area contributed by atoms with Crippen LogP contribution in [0.25, 0.3) is 0 Å². The minimum absolute atomic E-state index is 0.346. The van der Waals surface area contributed by atoms with Gasteiger partial charge >= 0.3 is 6.01 Å². The third-order valence-electron chi connectivity index (χ3n) is 1.97. The molecule has 7 heteroatoms. The zero-order valence-corrected chi connectivity index (χ0v) is 11.3. The lowest BCUT2D eigenvalue weighted by Gasteiger charge is -2.04. The molecule has 1 heterocycles. The van der Waals surface area contributed by atoms with Crippen LogP contribution in [0.1, 0.15) is 5.89 Å². The smallest absolute Gasteiger partial charge is 0.320 e. The Balaban J connectivity index is 2.13. The van der Waals surface area contributed by atoms with E-state index in [1.807, 2.05) is 13.1 Å². The number of hydrogen-bond donors (Lipinski definition) is 2. The Bertz CT molecular complexity index is 517. The van der Waals surface area contributed by atoms with Crippen molar-refractivity contribution in [1.29, 1.82) is 0 Å². The number of hydrogen-bond acceptors (Lipinski definition) is 5. The van der Waals surface area contributed by atoms with Gasteiger partial charge in [-0.25, -0.2) is 0 Å². The fraction of sp³-hybridized carbons (Fsp3) is 0.200. The van der Waals surface area contributed by atoms with Crippen LogP contribution < -0.4 is 10.6 Å². The van der Waals surface area contributed by atoms with E-state index in [1.165, 1.54) is 0 Å². The number of rotatable bonds is 4. The predicted octanol–water partition coefficient (Wildman–Crippen LogP) is 2.95. The molecule has 0 radical (unpaired) electrons. The lowest BCUT2D eigenvalue weighted by Crippen LogP contribution is -2.04. The standard InChI is InChI=1S/C10H10BrClN4O/c1-13-5-9-15-16-10(17-9)14-8-3-2-6(12)4-7(8)11/h2-4,13H,5H2,1H3,(H,14,16). The molecule has 0 spiro atoms. The lowest BCUT2D eigenvalue weighted by atomic mass is 10.3. The average molecular weight is 318 g/mol. The van der Waals surface area contributed by atoms with Gasteiger partial charge in [-0.05, 0) is 41.2 Å². The van der Waals surface area contributed by atoms with Gasteiger partial charge in [-0.1, -0.05) is 16.7 Å². The van der Waals surface area contributed by atoms with Crippen molar-refractivity contribution in [3.05, 3.63) is 33.6 Å². The fourth-order valence-electron chi connectivity index (χ4n) is 1.23. The molecule has 1 aromatic carbocycles. The van der Waals surface area contributed by atoms with Crippen LogP contribution in [0, 0.1) is 0 Å². The largest absolute Gasteiger partial charge is 0.406 e. The highest BCUT2D eigenvalue weighted by molar-refractivity contribution is 9.10. The van der Waals surface area contributed by atoms with Crippen LogP contribution in [0.15, 0.2) is 27.1 Å². The molecule has 0 amide bonds. The summed E-state index contributed by atoms with van der Waals surface area (Å²) in [4.78, 5) is 0. The van der Waals surface area contributed by atoms with E-state index in [9.17, 15) is 0 Å². The molecule has 0 atom stereocenters. The highest BCUT2D eigenvalue weighted by Gasteiger charge is 2.07. The van der Waals surface area contributed by atoms with Crippen molar-refractivity contribution in [3.8, 4) is 0 Å². The Hall–Kier alpha value is -1.11. The van der Waals surface area contributed by atoms with Crippen LogP contribution in [-0.4, -0.2) is 17.2 Å². The van der Waals surface area contributed by atoms with Crippen LogP contribution in [0.2, 0.25) is 5.02 Å². The van der Waals surface area contributed by atoms with Crippen molar-refractivity contribution < 1.29 is 4.42 Å². The molecule has 2 N–H and O–H groups in total. The van der Waals surface area contributed by atoms with E-state index >= 15 is 0 Å². The second kappa shape index (κ2) is 5.48. The third-order valence-corrected chi connectivity index (χ3v) is 2.86. The summed E-state index contributed by atoms with van der Waals surface area (Å²) in [6.07, 6.45) is 0. The van der Waals surface area contributed by atoms with Crippen LogP contribution in [0.5, 0.6) is 0 Å². The van der Waals surface area contributed by atoms with Crippen molar-refractivity contribution in [3.63, 3.8) is 0 Å². The summed E-state index contributed by atoms with van der Waals surface area (Å²) in [5.74, 6) is 0.528. The monoisotopic (exact) mass is 316 g/mol. The number of anilines is 2. The molecule has 17 heavy (non-hydrogen) atoms. The van der Waals surface area contributed by atoms with Crippen molar-refractivity contribution in [2.75, 3.05) is 12.4 Å². The molecule has 90 valence electrons. The van der Waals surface area contributed by atoms with E-state index < -0.39 is 0 Å². The second-order valence-corrected chi connectivity index (χ2v) is 4.57. The maximum absolute atomic E-state index is 5.85. The van der Waals surface area contributed by atoms with Crippen molar-refractivity contribution in [2.24, 2.45) is 0 Å². The second-order valence-electron chi connectivity index (χ2n) is 3.28. The number of halogens is 2. The van der Waals surface area contributed by atoms with E-state index in [4.69, 9.17) is 16.0 Å². The van der Waals surface area contributed by atoms with Gasteiger partial charge in [0.1, 0.15) is 0 Å². The van der Waals surface area contributed by atoms with E-state index in [-0.39, 0.29) is 0 Å². The first-order chi connectivity index (χ1) is 8.19. The summed E-state index contributed by atoms with van der Waals surface area (Å²) in [6, 6.07) is 5.74. The maximum atomic E-state index is 5.85. The third kappa shape index (κ3) is 3.18. The topological polar surface area (TPSA) is 63.0 Å². The number of nitrogens with zero attached hydrogens (tertiary/aromatic N) is 2. The first-order valence-electron chi connectivity index (χ1n) is 4.88. The summed E-state index contributed by atoms with van der Waals surface area (Å²) in [5.41, 5.74) is 0.814. The van der Waals surface area contributed by atoms with Gasteiger partial charge in [-0.15, -0.1) is 5.10 Å². The van der Waals surface area contributed by atoms with Gasteiger partial charge < -0.3 is 15.1 Å². The van der Waals surface area contributed by atoms with Crippen LogP contribution in [0.3, 0.4) is 0 Å². The fourth-order valence-corrected chi connectivity index (χ4v) is 2.01. The Morgan fingerprint density at radius 2 is 2.24 bits per heavy atom. The first-order valence-corrected chi connectivity index (χ1v) is 6.05. The molecule has 0 fully saturated rings. The normalized spacial score (nSPS) is 10.5. The van der Waals surface area contributed by atoms with Gasteiger partial charge in [0.25, 0.3) is 0 Å². The molecule has 0 saturated heterocycles. The summed E-state index contributed by atoms with van der Waals surface area (Å²) < 4.78 is 6.20.